The predicted octanol–water partition coefficient (Wildman–Crippen LogP) is 3.19. The van der Waals surface area contributed by atoms with Gasteiger partial charge in [0.2, 0.25) is 6.10 Å². The summed E-state index contributed by atoms with van der Waals surface area (Å²) in [6, 6.07) is 11.1. The number of rotatable bonds is 3. The van der Waals surface area contributed by atoms with E-state index in [1.165, 1.54) is 0 Å². The van der Waals surface area contributed by atoms with Gasteiger partial charge < -0.3 is 9.47 Å². The molecule has 7 heteroatoms. The summed E-state index contributed by atoms with van der Waals surface area (Å²) in [5.74, 6) is 0.885. The number of hydrazone groups is 1. The zero-order valence-corrected chi connectivity index (χ0v) is 14.1. The first-order valence-corrected chi connectivity index (χ1v) is 8.23. The first-order valence-electron chi connectivity index (χ1n) is 6.62. The number of nitrogens with zero attached hydrogens (tertiary/aromatic N) is 1. The summed E-state index contributed by atoms with van der Waals surface area (Å²) < 4.78 is 12.2. The highest BCUT2D eigenvalue weighted by molar-refractivity contribution is 9.11. The summed E-state index contributed by atoms with van der Waals surface area (Å²) in [6.45, 7) is 2.01. The summed E-state index contributed by atoms with van der Waals surface area (Å²) in [6.07, 6.45) is -0.707. The fourth-order valence-corrected chi connectivity index (χ4v) is 3.25. The van der Waals surface area contributed by atoms with Crippen molar-refractivity contribution in [1.29, 1.82) is 0 Å². The molecule has 3 rings (SSSR count). The highest BCUT2D eigenvalue weighted by Crippen LogP contribution is 2.30. The Balaban J connectivity index is 1.63. The van der Waals surface area contributed by atoms with Gasteiger partial charge >= 0.3 is 0 Å². The van der Waals surface area contributed by atoms with Crippen LogP contribution in [0.4, 0.5) is 0 Å². The summed E-state index contributed by atoms with van der Waals surface area (Å²) in [4.78, 5) is 13.1. The number of fused-ring (bicyclic) bond motifs is 1. The van der Waals surface area contributed by atoms with E-state index in [1.54, 1.807) is 23.5 Å². The fourth-order valence-electron chi connectivity index (χ4n) is 1.92. The third-order valence-corrected chi connectivity index (χ3v) is 4.80. The standard InChI is InChI=1S/C15H13BrN2O3S/c1-9(13-6-7-14(16)22-13)17-18-15(19)12-8-20-10-4-2-3-5-11(10)21-12/h2-7,12H,8H2,1H3,(H,18,19)/b17-9+/t12-/m0/s1. The lowest BCUT2D eigenvalue weighted by atomic mass is 10.2. The number of carbonyl (C=O) groups is 1. The molecular formula is C15H13BrN2O3S. The Bertz CT molecular complexity index is 729. The molecule has 1 aromatic heterocycles. The molecule has 0 spiro atoms. The molecule has 114 valence electrons. The average Bonchev–Trinajstić information content (AvgIpc) is 2.98. The van der Waals surface area contributed by atoms with Crippen molar-refractivity contribution >= 4 is 38.9 Å². The lowest BCUT2D eigenvalue weighted by molar-refractivity contribution is -0.130. The molecule has 0 bridgehead atoms. The second-order valence-electron chi connectivity index (χ2n) is 4.64. The molecule has 2 aromatic rings. The van der Waals surface area contributed by atoms with E-state index in [1.807, 2.05) is 31.2 Å². The number of amides is 1. The summed E-state index contributed by atoms with van der Waals surface area (Å²) in [7, 11) is 0. The predicted molar refractivity (Wildman–Crippen MR) is 88.7 cm³/mol. The Morgan fingerprint density at radius 3 is 2.82 bits per heavy atom. The molecular weight excluding hydrogens is 368 g/mol. The fraction of sp³-hybridized carbons (Fsp3) is 0.200. The number of hydrogen-bond acceptors (Lipinski definition) is 5. The van der Waals surface area contributed by atoms with Crippen LogP contribution in [0.25, 0.3) is 0 Å². The largest absolute Gasteiger partial charge is 0.485 e. The Labute approximate surface area is 140 Å². The van der Waals surface area contributed by atoms with Crippen molar-refractivity contribution < 1.29 is 14.3 Å². The molecule has 0 aliphatic carbocycles. The molecule has 0 saturated carbocycles. The highest BCUT2D eigenvalue weighted by atomic mass is 79.9. The minimum Gasteiger partial charge on any atom is -0.485 e. The monoisotopic (exact) mass is 380 g/mol. The first-order chi connectivity index (χ1) is 10.6. The van der Waals surface area contributed by atoms with Crippen LogP contribution >= 0.6 is 27.3 Å². The van der Waals surface area contributed by atoms with Gasteiger partial charge in [-0.15, -0.1) is 11.3 Å². The van der Waals surface area contributed by atoms with E-state index in [0.717, 1.165) is 14.4 Å². The number of halogens is 1. The van der Waals surface area contributed by atoms with Crippen molar-refractivity contribution in [2.75, 3.05) is 6.61 Å². The summed E-state index contributed by atoms with van der Waals surface area (Å²) in [5, 5.41) is 4.11. The normalized spacial score (nSPS) is 17.2. The number of hydrogen-bond donors (Lipinski definition) is 1. The van der Waals surface area contributed by atoms with Crippen molar-refractivity contribution in [2.45, 2.75) is 13.0 Å². The van der Waals surface area contributed by atoms with Gasteiger partial charge in [-0.3, -0.25) is 4.79 Å². The van der Waals surface area contributed by atoms with E-state index in [2.05, 4.69) is 26.5 Å². The quantitative estimate of drug-likeness (QED) is 0.656. The smallest absolute Gasteiger partial charge is 0.284 e. The van der Waals surface area contributed by atoms with E-state index in [4.69, 9.17) is 9.47 Å². The van der Waals surface area contributed by atoms with Crippen LogP contribution in [0.15, 0.2) is 45.3 Å². The Morgan fingerprint density at radius 1 is 1.32 bits per heavy atom. The van der Waals surface area contributed by atoms with Gasteiger partial charge in [0.05, 0.1) is 14.4 Å². The number of carbonyl (C=O) groups excluding carboxylic acids is 1. The van der Waals surface area contributed by atoms with E-state index in [9.17, 15) is 4.79 Å². The summed E-state index contributed by atoms with van der Waals surface area (Å²) in [5.41, 5.74) is 3.26. The van der Waals surface area contributed by atoms with E-state index in [-0.39, 0.29) is 12.5 Å². The second kappa shape index (κ2) is 6.50. The third-order valence-electron chi connectivity index (χ3n) is 3.06. The van der Waals surface area contributed by atoms with E-state index in [0.29, 0.717) is 11.5 Å². The average molecular weight is 381 g/mol. The van der Waals surface area contributed by atoms with Gasteiger partial charge in [-0.25, -0.2) is 5.43 Å². The molecule has 1 amide bonds. The van der Waals surface area contributed by atoms with E-state index < -0.39 is 6.10 Å². The lowest BCUT2D eigenvalue weighted by Gasteiger charge is -2.24. The van der Waals surface area contributed by atoms with Gasteiger partial charge in [0.15, 0.2) is 11.5 Å². The second-order valence-corrected chi connectivity index (χ2v) is 7.10. The Kier molecular flexibility index (Phi) is 4.44. The molecule has 0 fully saturated rings. The molecule has 5 nitrogen and oxygen atoms in total. The van der Waals surface area contributed by atoms with Crippen LogP contribution in [-0.2, 0) is 4.79 Å². The van der Waals surface area contributed by atoms with Gasteiger partial charge in [0.25, 0.3) is 5.91 Å². The maximum absolute atomic E-state index is 12.1. The molecule has 1 aliphatic rings. The van der Waals surface area contributed by atoms with Crippen LogP contribution in [0.1, 0.15) is 11.8 Å². The molecule has 1 N–H and O–H groups in total. The molecule has 0 radical (unpaired) electrons. The van der Waals surface area contributed by atoms with Crippen LogP contribution in [0, 0.1) is 0 Å². The van der Waals surface area contributed by atoms with Crippen molar-refractivity contribution in [3.8, 4) is 11.5 Å². The SMILES string of the molecule is C/C(=N\NC(=O)[C@@H]1COc2ccccc2O1)c1ccc(Br)s1. The first kappa shape index (κ1) is 15.1. The zero-order valence-electron chi connectivity index (χ0n) is 11.7. The number of benzene rings is 1. The molecule has 1 aliphatic heterocycles. The number of nitrogens with one attached hydrogen (secondary N) is 1. The molecule has 1 atom stereocenters. The minimum absolute atomic E-state index is 0.169. The van der Waals surface area contributed by atoms with Crippen molar-refractivity contribution in [3.05, 3.63) is 45.1 Å². The maximum Gasteiger partial charge on any atom is 0.284 e. The Morgan fingerprint density at radius 2 is 2.09 bits per heavy atom. The topological polar surface area (TPSA) is 59.9 Å². The minimum atomic E-state index is -0.707. The zero-order chi connectivity index (χ0) is 15.5. The van der Waals surface area contributed by atoms with Gasteiger partial charge in [-0.1, -0.05) is 12.1 Å². The lowest BCUT2D eigenvalue weighted by Crippen LogP contribution is -2.42. The molecule has 0 saturated heterocycles. The number of ether oxygens (including phenoxy) is 2. The van der Waals surface area contributed by atoms with Crippen LogP contribution in [0.2, 0.25) is 0 Å². The highest BCUT2D eigenvalue weighted by Gasteiger charge is 2.27. The molecule has 0 unspecified atom stereocenters. The maximum atomic E-state index is 12.1. The molecule has 1 aromatic carbocycles. The number of thiophene rings is 1. The van der Waals surface area contributed by atoms with Gasteiger partial charge in [0, 0.05) is 0 Å². The Hall–Kier alpha value is -1.86. The van der Waals surface area contributed by atoms with Gasteiger partial charge in [-0.05, 0) is 47.1 Å². The van der Waals surface area contributed by atoms with Gasteiger partial charge in [-0.2, -0.15) is 5.10 Å². The number of para-hydroxylation sites is 2. The molecule has 2 heterocycles. The van der Waals surface area contributed by atoms with Crippen LogP contribution in [-0.4, -0.2) is 24.3 Å². The van der Waals surface area contributed by atoms with Crippen molar-refractivity contribution in [1.82, 2.24) is 5.43 Å². The summed E-state index contributed by atoms with van der Waals surface area (Å²) >= 11 is 4.95. The third kappa shape index (κ3) is 3.31. The van der Waals surface area contributed by atoms with Crippen molar-refractivity contribution in [3.63, 3.8) is 0 Å². The van der Waals surface area contributed by atoms with Crippen LogP contribution in [0.5, 0.6) is 11.5 Å². The van der Waals surface area contributed by atoms with Crippen LogP contribution in [0.3, 0.4) is 0 Å². The van der Waals surface area contributed by atoms with Gasteiger partial charge in [0.1, 0.15) is 6.61 Å². The molecule has 22 heavy (non-hydrogen) atoms. The van der Waals surface area contributed by atoms with Crippen molar-refractivity contribution in [2.24, 2.45) is 5.10 Å². The van der Waals surface area contributed by atoms with Crippen LogP contribution < -0.4 is 14.9 Å². The van der Waals surface area contributed by atoms with E-state index >= 15 is 0 Å².